The van der Waals surface area contributed by atoms with Gasteiger partial charge in [-0.2, -0.15) is 4.68 Å². The van der Waals surface area contributed by atoms with E-state index < -0.39 is 23.9 Å². The zero-order chi connectivity index (χ0) is 31.4. The number of amides is 3. The number of nitrogens with one attached hydrogen (secondary N) is 3. The Balaban J connectivity index is 1.23. The molecule has 0 saturated carbocycles. The number of tetrazole rings is 1. The number of carbonyl (C=O) groups excluding carboxylic acids is 3. The van der Waals surface area contributed by atoms with Crippen LogP contribution in [0.4, 0.5) is 16.2 Å². The fourth-order valence-electron chi connectivity index (χ4n) is 4.23. The first-order valence-electron chi connectivity index (χ1n) is 13.7. The molecule has 13 heteroatoms. The quantitative estimate of drug-likeness (QED) is 0.177. The van der Waals surface area contributed by atoms with Crippen molar-refractivity contribution in [1.29, 1.82) is 0 Å². The fourth-order valence-corrected chi connectivity index (χ4v) is 4.41. The standard InChI is InChI=1S/C32H27ClN8O4/c33-25-7-12-29(41-21-35-39-40-41)24(19-25)6-13-30(42)38-28(18-22-4-2-1-3-5-22)31(43)36-26-8-10-27(11-9-26)37-32(44)45-20-23-14-16-34-17-15-23/h1-17,19,21,28H,18,20H2,(H,36,43)(H,37,44)(H,38,42). The Morgan fingerprint density at radius 2 is 1.62 bits per heavy atom. The third kappa shape index (κ3) is 9.05. The second-order valence-corrected chi connectivity index (χ2v) is 10.1. The van der Waals surface area contributed by atoms with Crippen LogP contribution >= 0.6 is 11.6 Å². The molecule has 2 heterocycles. The SMILES string of the molecule is O=C(C=Cc1cc(Cl)ccc1-n1cnnn1)NC(Cc1ccccc1)C(=O)Nc1ccc(NC(=O)OCc2ccncc2)cc1. The molecule has 5 rings (SSSR count). The summed E-state index contributed by atoms with van der Waals surface area (Å²) in [5, 5.41) is 19.9. The van der Waals surface area contributed by atoms with Crippen LogP contribution in [0.5, 0.6) is 0 Å². The van der Waals surface area contributed by atoms with Gasteiger partial charge in [0.1, 0.15) is 19.0 Å². The number of hydrogen-bond acceptors (Lipinski definition) is 8. The molecule has 0 aliphatic carbocycles. The lowest BCUT2D eigenvalue weighted by atomic mass is 10.0. The van der Waals surface area contributed by atoms with Crippen molar-refractivity contribution in [3.8, 4) is 5.69 Å². The maximum absolute atomic E-state index is 13.4. The molecule has 0 aliphatic rings. The molecule has 1 unspecified atom stereocenters. The zero-order valence-corrected chi connectivity index (χ0v) is 24.5. The maximum Gasteiger partial charge on any atom is 0.411 e. The average molecular weight is 623 g/mol. The molecular formula is C32H27ClN8O4. The molecule has 2 aromatic heterocycles. The summed E-state index contributed by atoms with van der Waals surface area (Å²) in [6.45, 7) is 0.103. The van der Waals surface area contributed by atoms with Gasteiger partial charge in [-0.05, 0) is 82.2 Å². The molecule has 226 valence electrons. The Kier molecular flexibility index (Phi) is 10.2. The average Bonchev–Trinajstić information content (AvgIpc) is 3.59. The van der Waals surface area contributed by atoms with Crippen molar-refractivity contribution in [3.05, 3.63) is 131 Å². The minimum absolute atomic E-state index is 0.103. The van der Waals surface area contributed by atoms with Crippen LogP contribution in [0.25, 0.3) is 11.8 Å². The van der Waals surface area contributed by atoms with E-state index in [1.54, 1.807) is 73.1 Å². The molecule has 0 radical (unpaired) electrons. The Hall–Kier alpha value is -5.88. The molecule has 12 nitrogen and oxygen atoms in total. The van der Waals surface area contributed by atoms with Gasteiger partial charge < -0.3 is 15.4 Å². The lowest BCUT2D eigenvalue weighted by Gasteiger charge is -2.18. The van der Waals surface area contributed by atoms with Gasteiger partial charge in [-0.3, -0.25) is 19.9 Å². The number of rotatable bonds is 11. The van der Waals surface area contributed by atoms with Crippen LogP contribution < -0.4 is 16.0 Å². The number of carbonyl (C=O) groups is 3. The number of anilines is 2. The van der Waals surface area contributed by atoms with Crippen molar-refractivity contribution in [2.75, 3.05) is 10.6 Å². The minimum atomic E-state index is -0.899. The summed E-state index contributed by atoms with van der Waals surface area (Å²) in [7, 11) is 0. The van der Waals surface area contributed by atoms with Gasteiger partial charge in [0.15, 0.2) is 0 Å². The number of ether oxygens (including phenoxy) is 1. The van der Waals surface area contributed by atoms with Crippen LogP contribution in [0.3, 0.4) is 0 Å². The number of pyridine rings is 1. The number of hydrogen-bond donors (Lipinski definition) is 3. The molecular weight excluding hydrogens is 596 g/mol. The van der Waals surface area contributed by atoms with Crippen LogP contribution in [0.15, 0.2) is 110 Å². The van der Waals surface area contributed by atoms with E-state index in [0.717, 1.165) is 11.1 Å². The monoisotopic (exact) mass is 622 g/mol. The van der Waals surface area contributed by atoms with Gasteiger partial charge in [0, 0.05) is 46.9 Å². The topological polar surface area (TPSA) is 153 Å². The predicted molar refractivity (Wildman–Crippen MR) is 168 cm³/mol. The highest BCUT2D eigenvalue weighted by Crippen LogP contribution is 2.20. The van der Waals surface area contributed by atoms with Crippen LogP contribution in [0, 0.1) is 0 Å². The van der Waals surface area contributed by atoms with Gasteiger partial charge in [0.05, 0.1) is 5.69 Å². The molecule has 0 fully saturated rings. The highest BCUT2D eigenvalue weighted by Gasteiger charge is 2.21. The number of halogens is 1. The Morgan fingerprint density at radius 1 is 0.889 bits per heavy atom. The molecule has 1 atom stereocenters. The van der Waals surface area contributed by atoms with Crippen molar-refractivity contribution in [2.45, 2.75) is 19.1 Å². The van der Waals surface area contributed by atoms with E-state index in [4.69, 9.17) is 16.3 Å². The van der Waals surface area contributed by atoms with Gasteiger partial charge in [-0.1, -0.05) is 41.9 Å². The first kappa shape index (κ1) is 30.6. The summed E-state index contributed by atoms with van der Waals surface area (Å²) in [4.78, 5) is 42.5. The third-order valence-electron chi connectivity index (χ3n) is 6.43. The van der Waals surface area contributed by atoms with E-state index in [2.05, 4.69) is 36.5 Å². The second kappa shape index (κ2) is 15.0. The molecule has 0 bridgehead atoms. The minimum Gasteiger partial charge on any atom is -0.444 e. The van der Waals surface area contributed by atoms with Crippen LogP contribution in [0.1, 0.15) is 16.7 Å². The van der Waals surface area contributed by atoms with Gasteiger partial charge in [0.25, 0.3) is 0 Å². The molecule has 0 spiro atoms. The lowest BCUT2D eigenvalue weighted by molar-refractivity contribution is -0.123. The highest BCUT2D eigenvalue weighted by atomic mass is 35.5. The summed E-state index contributed by atoms with van der Waals surface area (Å²) in [5.41, 5.74) is 3.85. The summed E-state index contributed by atoms with van der Waals surface area (Å²) in [6, 6.07) is 23.6. The third-order valence-corrected chi connectivity index (χ3v) is 6.67. The van der Waals surface area contributed by atoms with E-state index >= 15 is 0 Å². The summed E-state index contributed by atoms with van der Waals surface area (Å²) in [6.07, 6.45) is 7.19. The lowest BCUT2D eigenvalue weighted by Crippen LogP contribution is -2.44. The predicted octanol–water partition coefficient (Wildman–Crippen LogP) is 4.84. The summed E-state index contributed by atoms with van der Waals surface area (Å²) >= 11 is 6.18. The number of aromatic nitrogens is 5. The van der Waals surface area contributed by atoms with Crippen molar-refractivity contribution in [2.24, 2.45) is 0 Å². The van der Waals surface area contributed by atoms with Gasteiger partial charge in [-0.15, -0.1) is 5.10 Å². The number of nitrogens with zero attached hydrogens (tertiary/aromatic N) is 5. The Bertz CT molecular complexity index is 1770. The van der Waals surface area contributed by atoms with Crippen molar-refractivity contribution in [3.63, 3.8) is 0 Å². The number of benzene rings is 3. The first-order chi connectivity index (χ1) is 21.9. The van der Waals surface area contributed by atoms with Crippen LogP contribution in [0.2, 0.25) is 5.02 Å². The van der Waals surface area contributed by atoms with Crippen LogP contribution in [-0.4, -0.2) is 49.1 Å². The highest BCUT2D eigenvalue weighted by molar-refractivity contribution is 6.30. The van der Waals surface area contributed by atoms with Crippen LogP contribution in [-0.2, 0) is 27.4 Å². The van der Waals surface area contributed by atoms with Gasteiger partial charge in [-0.25, -0.2) is 4.79 Å². The largest absolute Gasteiger partial charge is 0.444 e. The second-order valence-electron chi connectivity index (χ2n) is 9.66. The Labute approximate surface area is 263 Å². The van der Waals surface area contributed by atoms with Crippen molar-refractivity contribution >= 4 is 47.0 Å². The normalized spacial score (nSPS) is 11.5. The summed E-state index contributed by atoms with van der Waals surface area (Å²) in [5.74, 6) is -0.909. The fraction of sp³-hybridized carbons (Fsp3) is 0.0938. The van der Waals surface area contributed by atoms with Crippen molar-refractivity contribution < 1.29 is 19.1 Å². The van der Waals surface area contributed by atoms with E-state index in [9.17, 15) is 14.4 Å². The first-order valence-corrected chi connectivity index (χ1v) is 14.1. The van der Waals surface area contributed by atoms with Gasteiger partial charge in [0.2, 0.25) is 11.8 Å². The molecule has 3 amide bonds. The molecule has 3 N–H and O–H groups in total. The molecule has 0 aliphatic heterocycles. The van der Waals surface area contributed by atoms with Gasteiger partial charge >= 0.3 is 6.09 Å². The van der Waals surface area contributed by atoms with E-state index in [1.807, 2.05) is 30.3 Å². The maximum atomic E-state index is 13.4. The smallest absolute Gasteiger partial charge is 0.411 e. The van der Waals surface area contributed by atoms with E-state index in [1.165, 1.54) is 17.1 Å². The van der Waals surface area contributed by atoms with E-state index in [-0.39, 0.29) is 13.0 Å². The van der Waals surface area contributed by atoms with E-state index in [0.29, 0.717) is 27.6 Å². The van der Waals surface area contributed by atoms with Crippen molar-refractivity contribution in [1.82, 2.24) is 30.5 Å². The molecule has 45 heavy (non-hydrogen) atoms. The molecule has 5 aromatic rings. The summed E-state index contributed by atoms with van der Waals surface area (Å²) < 4.78 is 6.67. The molecule has 0 saturated heterocycles. The molecule has 3 aromatic carbocycles. The Morgan fingerprint density at radius 3 is 2.33 bits per heavy atom. The zero-order valence-electron chi connectivity index (χ0n) is 23.7.